The molecule has 1 amide bonds. The van der Waals surface area contributed by atoms with Crippen LogP contribution in [0.3, 0.4) is 0 Å². The zero-order valence-corrected chi connectivity index (χ0v) is 16.4. The van der Waals surface area contributed by atoms with Gasteiger partial charge < -0.3 is 19.4 Å². The average molecular weight is 366 g/mol. The zero-order chi connectivity index (χ0) is 19.6. The summed E-state index contributed by atoms with van der Waals surface area (Å²) in [6.07, 6.45) is 1.97. The molecule has 0 saturated carbocycles. The molecule has 1 atom stereocenters. The fourth-order valence-corrected chi connectivity index (χ4v) is 3.17. The Morgan fingerprint density at radius 2 is 1.70 bits per heavy atom. The van der Waals surface area contributed by atoms with E-state index in [-0.39, 0.29) is 11.9 Å². The summed E-state index contributed by atoms with van der Waals surface area (Å²) >= 11 is 0. The van der Waals surface area contributed by atoms with E-state index in [1.807, 2.05) is 17.7 Å². The summed E-state index contributed by atoms with van der Waals surface area (Å²) in [5.41, 5.74) is 3.01. The van der Waals surface area contributed by atoms with Gasteiger partial charge in [-0.1, -0.05) is 19.9 Å². The van der Waals surface area contributed by atoms with E-state index in [1.165, 1.54) is 5.56 Å². The number of carbonyl (C=O) groups excluding carboxylic acids is 1. The number of nitrogens with one attached hydrogen (secondary N) is 1. The maximum atomic E-state index is 12.8. The molecule has 0 aliphatic heterocycles. The van der Waals surface area contributed by atoms with Gasteiger partial charge >= 0.3 is 0 Å². The van der Waals surface area contributed by atoms with Crippen LogP contribution in [0.5, 0.6) is 11.5 Å². The van der Waals surface area contributed by atoms with Gasteiger partial charge in [0, 0.05) is 23.5 Å². The second kappa shape index (κ2) is 7.74. The monoisotopic (exact) mass is 366 g/mol. The number of hydrogen-bond donors (Lipinski definition) is 1. The first-order valence-electron chi connectivity index (χ1n) is 9.08. The van der Waals surface area contributed by atoms with Crippen molar-refractivity contribution in [3.8, 4) is 11.5 Å². The standard InChI is InChI=1S/C22H26N2O3/c1-14(2)16-6-8-19-17(12-16)10-11-24(19)15(3)22(25)23-18-7-9-20(26-4)21(13-18)27-5/h6-15H,1-5H3,(H,23,25). The Morgan fingerprint density at radius 1 is 0.963 bits per heavy atom. The van der Waals surface area contributed by atoms with E-state index in [4.69, 9.17) is 9.47 Å². The minimum atomic E-state index is -0.347. The third kappa shape index (κ3) is 3.77. The number of methoxy groups -OCH3 is 2. The highest BCUT2D eigenvalue weighted by molar-refractivity contribution is 5.95. The highest BCUT2D eigenvalue weighted by atomic mass is 16.5. The van der Waals surface area contributed by atoms with Crippen LogP contribution in [0.4, 0.5) is 5.69 Å². The first-order chi connectivity index (χ1) is 12.9. The van der Waals surface area contributed by atoms with Gasteiger partial charge in [0.25, 0.3) is 0 Å². The Bertz CT molecular complexity index is 959. The molecule has 2 aromatic carbocycles. The SMILES string of the molecule is COc1ccc(NC(=O)C(C)n2ccc3cc(C(C)C)ccc32)cc1OC. The van der Waals surface area contributed by atoms with E-state index >= 15 is 0 Å². The Balaban J connectivity index is 1.82. The third-order valence-electron chi connectivity index (χ3n) is 4.86. The molecule has 0 spiro atoms. The van der Waals surface area contributed by atoms with Gasteiger partial charge in [-0.3, -0.25) is 4.79 Å². The number of fused-ring (bicyclic) bond motifs is 1. The van der Waals surface area contributed by atoms with Gasteiger partial charge in [-0.05, 0) is 54.1 Å². The topological polar surface area (TPSA) is 52.5 Å². The average Bonchev–Trinajstić information content (AvgIpc) is 3.10. The summed E-state index contributed by atoms with van der Waals surface area (Å²) in [4.78, 5) is 12.8. The molecule has 142 valence electrons. The second-order valence-electron chi connectivity index (χ2n) is 6.93. The minimum Gasteiger partial charge on any atom is -0.493 e. The van der Waals surface area contributed by atoms with E-state index in [0.29, 0.717) is 23.1 Å². The molecule has 3 aromatic rings. The van der Waals surface area contributed by atoms with E-state index in [0.717, 1.165) is 10.9 Å². The van der Waals surface area contributed by atoms with Gasteiger partial charge in [0.1, 0.15) is 6.04 Å². The van der Waals surface area contributed by atoms with Crippen LogP contribution < -0.4 is 14.8 Å². The predicted molar refractivity (Wildman–Crippen MR) is 109 cm³/mol. The minimum absolute atomic E-state index is 0.0901. The molecule has 0 aliphatic rings. The zero-order valence-electron chi connectivity index (χ0n) is 16.4. The van der Waals surface area contributed by atoms with Gasteiger partial charge in [-0.25, -0.2) is 0 Å². The van der Waals surface area contributed by atoms with Crippen LogP contribution in [0.15, 0.2) is 48.7 Å². The van der Waals surface area contributed by atoms with E-state index in [2.05, 4.69) is 43.4 Å². The largest absolute Gasteiger partial charge is 0.493 e. The number of ether oxygens (including phenoxy) is 2. The summed E-state index contributed by atoms with van der Waals surface area (Å²) < 4.78 is 12.5. The Kier molecular flexibility index (Phi) is 5.40. The number of aromatic nitrogens is 1. The van der Waals surface area contributed by atoms with Crippen LogP contribution in [0.2, 0.25) is 0 Å². The molecule has 0 radical (unpaired) electrons. The van der Waals surface area contributed by atoms with Crippen LogP contribution >= 0.6 is 0 Å². The molecule has 5 nitrogen and oxygen atoms in total. The van der Waals surface area contributed by atoms with Crippen molar-refractivity contribution in [2.24, 2.45) is 0 Å². The van der Waals surface area contributed by atoms with E-state index in [1.54, 1.807) is 32.4 Å². The molecule has 27 heavy (non-hydrogen) atoms. The Morgan fingerprint density at radius 3 is 2.37 bits per heavy atom. The summed E-state index contributed by atoms with van der Waals surface area (Å²) in [6.45, 7) is 6.25. The van der Waals surface area contributed by atoms with Gasteiger partial charge in [0.2, 0.25) is 5.91 Å². The fraction of sp³-hybridized carbons (Fsp3) is 0.318. The maximum Gasteiger partial charge on any atom is 0.247 e. The summed E-state index contributed by atoms with van der Waals surface area (Å²) in [5.74, 6) is 1.59. The number of anilines is 1. The van der Waals surface area contributed by atoms with Crippen LogP contribution in [0.25, 0.3) is 10.9 Å². The number of hydrogen-bond acceptors (Lipinski definition) is 3. The smallest absolute Gasteiger partial charge is 0.247 e. The van der Waals surface area contributed by atoms with Crippen molar-refractivity contribution in [1.29, 1.82) is 0 Å². The number of benzene rings is 2. The van der Waals surface area contributed by atoms with Crippen LogP contribution in [0.1, 0.15) is 38.3 Å². The van der Waals surface area contributed by atoms with E-state index < -0.39 is 0 Å². The molecule has 1 heterocycles. The lowest BCUT2D eigenvalue weighted by Crippen LogP contribution is -2.23. The number of nitrogens with zero attached hydrogens (tertiary/aromatic N) is 1. The van der Waals surface area contributed by atoms with Crippen LogP contribution in [-0.4, -0.2) is 24.7 Å². The first-order valence-corrected chi connectivity index (χ1v) is 9.08. The summed E-state index contributed by atoms with van der Waals surface area (Å²) in [6, 6.07) is 13.4. The molecule has 0 saturated heterocycles. The lowest BCUT2D eigenvalue weighted by atomic mass is 10.0. The molecule has 0 fully saturated rings. The normalized spacial score (nSPS) is 12.2. The molecule has 0 aliphatic carbocycles. The number of rotatable bonds is 6. The van der Waals surface area contributed by atoms with Crippen molar-refractivity contribution in [3.05, 3.63) is 54.2 Å². The van der Waals surface area contributed by atoms with Crippen LogP contribution in [0, 0.1) is 0 Å². The second-order valence-corrected chi connectivity index (χ2v) is 6.93. The molecule has 1 aromatic heterocycles. The lowest BCUT2D eigenvalue weighted by molar-refractivity contribution is -0.118. The predicted octanol–water partition coefficient (Wildman–Crippen LogP) is 4.98. The number of carbonyl (C=O) groups is 1. The lowest BCUT2D eigenvalue weighted by Gasteiger charge is -2.17. The van der Waals surface area contributed by atoms with Crippen molar-refractivity contribution < 1.29 is 14.3 Å². The summed E-state index contributed by atoms with van der Waals surface area (Å²) in [5, 5.41) is 4.10. The molecular formula is C22H26N2O3. The first kappa shape index (κ1) is 18.8. The van der Waals surface area contributed by atoms with Crippen molar-refractivity contribution in [3.63, 3.8) is 0 Å². The molecule has 1 N–H and O–H groups in total. The highest BCUT2D eigenvalue weighted by Crippen LogP contribution is 2.30. The molecule has 5 heteroatoms. The molecule has 0 bridgehead atoms. The molecule has 1 unspecified atom stereocenters. The molecule has 3 rings (SSSR count). The fourth-order valence-electron chi connectivity index (χ4n) is 3.17. The quantitative estimate of drug-likeness (QED) is 0.669. The third-order valence-corrected chi connectivity index (χ3v) is 4.86. The van der Waals surface area contributed by atoms with Gasteiger partial charge in [-0.2, -0.15) is 0 Å². The van der Waals surface area contributed by atoms with Gasteiger partial charge in [-0.15, -0.1) is 0 Å². The van der Waals surface area contributed by atoms with Crippen molar-refractivity contribution >= 4 is 22.5 Å². The van der Waals surface area contributed by atoms with E-state index in [9.17, 15) is 4.79 Å². The Labute approximate surface area is 159 Å². The van der Waals surface area contributed by atoms with Crippen molar-refractivity contribution in [2.75, 3.05) is 19.5 Å². The van der Waals surface area contributed by atoms with Gasteiger partial charge in [0.05, 0.1) is 14.2 Å². The maximum absolute atomic E-state index is 12.8. The van der Waals surface area contributed by atoms with Crippen molar-refractivity contribution in [2.45, 2.75) is 32.7 Å². The number of amides is 1. The van der Waals surface area contributed by atoms with Gasteiger partial charge in [0.15, 0.2) is 11.5 Å². The van der Waals surface area contributed by atoms with Crippen LogP contribution in [-0.2, 0) is 4.79 Å². The Hall–Kier alpha value is -2.95. The van der Waals surface area contributed by atoms with Crippen molar-refractivity contribution in [1.82, 2.24) is 4.57 Å². The molecular weight excluding hydrogens is 340 g/mol. The highest BCUT2D eigenvalue weighted by Gasteiger charge is 2.18. The summed E-state index contributed by atoms with van der Waals surface area (Å²) in [7, 11) is 3.16.